The molecule has 4 atom stereocenters. The van der Waals surface area contributed by atoms with Crippen molar-refractivity contribution in [1.29, 1.82) is 0 Å². The number of rotatable bonds is 4. The molecule has 0 N–H and O–H groups in total. The molecule has 0 bridgehead atoms. The van der Waals surface area contributed by atoms with E-state index < -0.39 is 21.5 Å². The molecule has 2 aliphatic carbocycles. The van der Waals surface area contributed by atoms with Crippen LogP contribution in [0.4, 0.5) is 5.69 Å². The van der Waals surface area contributed by atoms with Gasteiger partial charge in [0.2, 0.25) is 0 Å². The Hall–Kier alpha value is -3.16. The number of hydrogen-bond donors (Lipinski definition) is 0. The fourth-order valence-electron chi connectivity index (χ4n) is 5.27. The average molecular weight is 398 g/mol. The molecule has 0 spiro atoms. The van der Waals surface area contributed by atoms with E-state index in [1.54, 1.807) is 12.1 Å². The van der Waals surface area contributed by atoms with Crippen molar-refractivity contribution in [2.45, 2.75) is 44.6 Å². The average Bonchev–Trinajstić information content (AvgIpc) is 2.82. The molecular weight excluding hydrogens is 376 g/mol. The van der Waals surface area contributed by atoms with Crippen LogP contribution in [0.25, 0.3) is 0 Å². The van der Waals surface area contributed by atoms with E-state index >= 15 is 0 Å². The predicted molar refractivity (Wildman–Crippen MR) is 104 cm³/mol. The summed E-state index contributed by atoms with van der Waals surface area (Å²) >= 11 is 0. The molecule has 0 amide bonds. The van der Waals surface area contributed by atoms with Gasteiger partial charge in [0.1, 0.15) is 6.10 Å². The zero-order chi connectivity index (χ0) is 20.9. The van der Waals surface area contributed by atoms with E-state index in [0.717, 1.165) is 28.7 Å². The highest BCUT2D eigenvalue weighted by molar-refractivity contribution is 5.55. The lowest BCUT2D eigenvalue weighted by Gasteiger charge is -2.35. The Labute approximate surface area is 167 Å². The minimum absolute atomic E-state index is 0.0381. The van der Waals surface area contributed by atoms with Crippen molar-refractivity contribution in [1.82, 2.24) is 0 Å². The minimum atomic E-state index is -0.722. The van der Waals surface area contributed by atoms with Crippen LogP contribution in [0.2, 0.25) is 0 Å². The monoisotopic (exact) mass is 398 g/mol. The van der Waals surface area contributed by atoms with Gasteiger partial charge in [-0.3, -0.25) is 10.1 Å². The van der Waals surface area contributed by atoms with E-state index in [0.29, 0.717) is 6.42 Å². The second kappa shape index (κ2) is 6.72. The molecular formula is C21H22N2O6. The van der Waals surface area contributed by atoms with Gasteiger partial charge in [0.25, 0.3) is 5.09 Å². The molecule has 29 heavy (non-hydrogen) atoms. The van der Waals surface area contributed by atoms with E-state index in [4.69, 9.17) is 9.57 Å². The molecule has 8 heteroatoms. The molecule has 2 aromatic carbocycles. The summed E-state index contributed by atoms with van der Waals surface area (Å²) in [4.78, 5) is 27.6. The van der Waals surface area contributed by atoms with E-state index in [1.807, 2.05) is 38.1 Å². The standard InChI is InChI=1S/C21H22N2O6/c1-12-8-17-14-6-4-5-7-15(14)20(29-23(26)27)21(17,2)11-13-9-19(28-3)18(22(24)25)10-16(12)13/h4-7,9-10,12,17,20H,8,11H2,1-3H3. The molecule has 0 aliphatic heterocycles. The van der Waals surface area contributed by atoms with Crippen LogP contribution >= 0.6 is 0 Å². The molecule has 0 radical (unpaired) electrons. The Kier molecular flexibility index (Phi) is 4.44. The van der Waals surface area contributed by atoms with Crippen molar-refractivity contribution in [2.24, 2.45) is 5.41 Å². The fraction of sp³-hybridized carbons (Fsp3) is 0.429. The summed E-state index contributed by atoms with van der Waals surface area (Å²) in [5.74, 6) is 0.283. The summed E-state index contributed by atoms with van der Waals surface area (Å²) in [6, 6.07) is 11.0. The van der Waals surface area contributed by atoms with Gasteiger partial charge in [-0.05, 0) is 53.0 Å². The molecule has 4 rings (SSSR count). The number of methoxy groups -OCH3 is 1. The normalized spacial score (nSPS) is 27.2. The van der Waals surface area contributed by atoms with Crippen molar-refractivity contribution >= 4 is 5.69 Å². The summed E-state index contributed by atoms with van der Waals surface area (Å²) < 4.78 is 5.27. The highest BCUT2D eigenvalue weighted by Crippen LogP contribution is 2.62. The van der Waals surface area contributed by atoms with Crippen LogP contribution in [0.15, 0.2) is 36.4 Å². The zero-order valence-electron chi connectivity index (χ0n) is 16.5. The Balaban J connectivity index is 1.88. The van der Waals surface area contributed by atoms with E-state index in [-0.39, 0.29) is 23.3 Å². The van der Waals surface area contributed by atoms with Gasteiger partial charge in [0.05, 0.1) is 12.0 Å². The van der Waals surface area contributed by atoms with Gasteiger partial charge in [0.15, 0.2) is 5.75 Å². The van der Waals surface area contributed by atoms with Gasteiger partial charge < -0.3 is 9.57 Å². The zero-order valence-corrected chi connectivity index (χ0v) is 16.5. The van der Waals surface area contributed by atoms with E-state index in [1.165, 1.54) is 7.11 Å². The Morgan fingerprint density at radius 1 is 1.10 bits per heavy atom. The van der Waals surface area contributed by atoms with Crippen LogP contribution in [0, 0.1) is 25.6 Å². The summed E-state index contributed by atoms with van der Waals surface area (Å²) in [5, 5.41) is 22.1. The number of nitro benzene ring substituents is 1. The molecule has 8 nitrogen and oxygen atoms in total. The highest BCUT2D eigenvalue weighted by atomic mass is 17.0. The number of nitro groups is 1. The largest absolute Gasteiger partial charge is 0.490 e. The van der Waals surface area contributed by atoms with Crippen LogP contribution in [-0.4, -0.2) is 17.1 Å². The molecule has 4 unspecified atom stereocenters. The number of benzene rings is 2. The van der Waals surface area contributed by atoms with Gasteiger partial charge in [-0.15, -0.1) is 10.1 Å². The van der Waals surface area contributed by atoms with Crippen molar-refractivity contribution in [2.75, 3.05) is 7.11 Å². The molecule has 0 saturated heterocycles. The molecule has 0 saturated carbocycles. The number of ether oxygens (including phenoxy) is 1. The predicted octanol–water partition coefficient (Wildman–Crippen LogP) is 4.71. The molecule has 0 aromatic heterocycles. The van der Waals surface area contributed by atoms with Crippen LogP contribution in [0.5, 0.6) is 5.75 Å². The first-order valence-corrected chi connectivity index (χ1v) is 9.51. The maximum Gasteiger partial charge on any atom is 0.311 e. The lowest BCUT2D eigenvalue weighted by molar-refractivity contribution is -0.774. The Morgan fingerprint density at radius 2 is 1.79 bits per heavy atom. The van der Waals surface area contributed by atoms with Crippen LogP contribution in [-0.2, 0) is 11.3 Å². The molecule has 0 fully saturated rings. The first-order valence-electron chi connectivity index (χ1n) is 9.51. The first kappa shape index (κ1) is 19.2. The molecule has 0 heterocycles. The molecule has 152 valence electrons. The van der Waals surface area contributed by atoms with E-state index in [2.05, 4.69) is 0 Å². The third-order valence-electron chi connectivity index (χ3n) is 6.57. The Morgan fingerprint density at radius 3 is 2.41 bits per heavy atom. The quantitative estimate of drug-likeness (QED) is 0.546. The van der Waals surface area contributed by atoms with Gasteiger partial charge in [0, 0.05) is 11.5 Å². The summed E-state index contributed by atoms with van der Waals surface area (Å²) in [7, 11) is 1.41. The maximum absolute atomic E-state index is 11.5. The second-order valence-electron chi connectivity index (χ2n) is 8.19. The summed E-state index contributed by atoms with van der Waals surface area (Å²) in [6.45, 7) is 4.06. The highest BCUT2D eigenvalue weighted by Gasteiger charge is 2.53. The lowest BCUT2D eigenvalue weighted by Crippen LogP contribution is -2.31. The minimum Gasteiger partial charge on any atom is -0.490 e. The first-order chi connectivity index (χ1) is 13.8. The topological polar surface area (TPSA) is 105 Å². The van der Waals surface area contributed by atoms with Crippen LogP contribution in [0.3, 0.4) is 0 Å². The summed E-state index contributed by atoms with van der Waals surface area (Å²) in [6.07, 6.45) is 0.526. The third-order valence-corrected chi connectivity index (χ3v) is 6.57. The van der Waals surface area contributed by atoms with Crippen molar-refractivity contribution in [3.8, 4) is 5.75 Å². The fourth-order valence-corrected chi connectivity index (χ4v) is 5.27. The van der Waals surface area contributed by atoms with Gasteiger partial charge in [-0.25, -0.2) is 0 Å². The van der Waals surface area contributed by atoms with Crippen molar-refractivity contribution in [3.63, 3.8) is 0 Å². The van der Waals surface area contributed by atoms with Gasteiger partial charge in [-0.2, -0.15) is 0 Å². The third kappa shape index (κ3) is 2.90. The number of nitrogens with zero attached hydrogens (tertiary/aromatic N) is 2. The smallest absolute Gasteiger partial charge is 0.311 e. The van der Waals surface area contributed by atoms with Crippen LogP contribution < -0.4 is 4.74 Å². The Bertz CT molecular complexity index is 1010. The number of fused-ring (bicyclic) bond motifs is 4. The van der Waals surface area contributed by atoms with Crippen molar-refractivity contribution < 1.29 is 19.6 Å². The summed E-state index contributed by atoms with van der Waals surface area (Å²) in [5.41, 5.74) is 3.09. The number of hydrogen-bond acceptors (Lipinski definition) is 6. The molecule has 2 aromatic rings. The van der Waals surface area contributed by atoms with Gasteiger partial charge >= 0.3 is 5.69 Å². The van der Waals surface area contributed by atoms with E-state index in [9.17, 15) is 20.2 Å². The SMILES string of the molecule is COc1cc2c(cc1[N+](=O)[O-])C(C)CC1c3ccccc3C(O[N+](=O)[O-])C1(C)C2. The second-order valence-corrected chi connectivity index (χ2v) is 8.19. The van der Waals surface area contributed by atoms with Crippen molar-refractivity contribution in [3.05, 3.63) is 78.9 Å². The lowest BCUT2D eigenvalue weighted by atomic mass is 9.71. The van der Waals surface area contributed by atoms with Gasteiger partial charge in [-0.1, -0.05) is 38.1 Å². The molecule has 2 aliphatic rings. The van der Waals surface area contributed by atoms with Crippen LogP contribution in [0.1, 0.15) is 60.5 Å². The maximum atomic E-state index is 11.5.